The molecule has 1 unspecified atom stereocenters. The summed E-state index contributed by atoms with van der Waals surface area (Å²) < 4.78 is 1.66. The van der Waals surface area contributed by atoms with Crippen LogP contribution in [0.1, 0.15) is 19.5 Å². The van der Waals surface area contributed by atoms with Gasteiger partial charge in [-0.25, -0.2) is 4.98 Å². The molecule has 0 radical (unpaired) electrons. The lowest BCUT2D eigenvalue weighted by Crippen LogP contribution is -2.22. The molecule has 0 aromatic carbocycles. The molecule has 0 bridgehead atoms. The number of aromatic nitrogens is 2. The van der Waals surface area contributed by atoms with Crippen molar-refractivity contribution < 1.29 is 0 Å². The zero-order chi connectivity index (χ0) is 11.0. The van der Waals surface area contributed by atoms with E-state index in [1.807, 2.05) is 0 Å². The average Bonchev–Trinajstić information content (AvgIpc) is 2.56. The minimum atomic E-state index is 0.116. The van der Waals surface area contributed by atoms with Crippen molar-refractivity contribution in [3.63, 3.8) is 0 Å². The van der Waals surface area contributed by atoms with Crippen LogP contribution in [0.25, 0.3) is 0 Å². The molecule has 1 aliphatic heterocycles. The van der Waals surface area contributed by atoms with Crippen molar-refractivity contribution >= 4 is 23.5 Å². The van der Waals surface area contributed by atoms with Gasteiger partial charge in [0, 0.05) is 18.7 Å². The first kappa shape index (κ1) is 11.1. The van der Waals surface area contributed by atoms with E-state index >= 15 is 0 Å². The average molecular weight is 242 g/mol. The van der Waals surface area contributed by atoms with Crippen molar-refractivity contribution in [2.75, 3.05) is 5.75 Å². The largest absolute Gasteiger partial charge is 0.290 e. The number of nitrogens with zero attached hydrogens (tertiary/aromatic N) is 2. The Kier molecular flexibility index (Phi) is 3.11. The lowest BCUT2D eigenvalue weighted by molar-refractivity contribution is 0.665. The number of rotatable bonds is 2. The van der Waals surface area contributed by atoms with Crippen molar-refractivity contribution in [1.82, 2.24) is 9.55 Å². The molecule has 0 fully saturated rings. The van der Waals surface area contributed by atoms with Crippen molar-refractivity contribution in [1.29, 1.82) is 0 Å². The summed E-state index contributed by atoms with van der Waals surface area (Å²) in [5.74, 6) is 0.946. The molecule has 0 saturated heterocycles. The van der Waals surface area contributed by atoms with E-state index in [-0.39, 0.29) is 5.56 Å². The topological polar surface area (TPSA) is 34.9 Å². The molecule has 0 aliphatic carbocycles. The Hall–Kier alpha value is -0.420. The maximum absolute atomic E-state index is 12.0. The monoisotopic (exact) mass is 242 g/mol. The number of hydrogen-bond donors (Lipinski definition) is 0. The predicted octanol–water partition coefficient (Wildman–Crippen LogP) is 1.93. The first-order valence-corrected chi connectivity index (χ1v) is 6.89. The Morgan fingerprint density at radius 3 is 3.07 bits per heavy atom. The van der Waals surface area contributed by atoms with E-state index in [4.69, 9.17) is 0 Å². The van der Waals surface area contributed by atoms with Crippen LogP contribution in [-0.4, -0.2) is 20.6 Å². The van der Waals surface area contributed by atoms with Crippen molar-refractivity contribution in [3.05, 3.63) is 16.0 Å². The molecule has 15 heavy (non-hydrogen) atoms. The zero-order valence-corrected chi connectivity index (χ0v) is 10.7. The summed E-state index contributed by atoms with van der Waals surface area (Å²) in [6, 6.07) is 0. The number of hydrogen-bond acceptors (Lipinski definition) is 4. The number of thioether (sulfide) groups is 2. The fraction of sp³-hybridized carbons (Fsp3) is 0.600. The Labute approximate surface area is 97.7 Å². The third kappa shape index (κ3) is 1.95. The van der Waals surface area contributed by atoms with Crippen molar-refractivity contribution in [2.24, 2.45) is 7.05 Å². The second-order valence-corrected chi connectivity index (χ2v) is 6.28. The maximum atomic E-state index is 12.0. The van der Waals surface area contributed by atoms with Gasteiger partial charge in [0.2, 0.25) is 0 Å². The normalized spacial score (nSPS) is 19.3. The van der Waals surface area contributed by atoms with Gasteiger partial charge in [0.05, 0.1) is 10.6 Å². The molecule has 5 heteroatoms. The molecule has 0 spiro atoms. The summed E-state index contributed by atoms with van der Waals surface area (Å²) in [6.45, 7) is 4.21. The van der Waals surface area contributed by atoms with E-state index < -0.39 is 0 Å². The van der Waals surface area contributed by atoms with Gasteiger partial charge in [-0.05, 0) is 5.75 Å². The molecule has 2 heterocycles. The Bertz CT molecular complexity index is 441. The molecular weight excluding hydrogens is 228 g/mol. The molecule has 1 aromatic heterocycles. The van der Waals surface area contributed by atoms with Crippen LogP contribution in [0.2, 0.25) is 0 Å². The summed E-state index contributed by atoms with van der Waals surface area (Å²) in [5.41, 5.74) is 1.11. The first-order chi connectivity index (χ1) is 7.13. The SMILES string of the molecule is CCSc1nc2c(c(=O)n1C)SC(C)C2. The summed E-state index contributed by atoms with van der Waals surface area (Å²) in [5, 5.41) is 1.33. The minimum absolute atomic E-state index is 0.116. The maximum Gasteiger partial charge on any atom is 0.267 e. The van der Waals surface area contributed by atoms with Crippen LogP contribution < -0.4 is 5.56 Å². The fourth-order valence-corrected chi connectivity index (χ4v) is 3.49. The highest BCUT2D eigenvalue weighted by atomic mass is 32.2. The van der Waals surface area contributed by atoms with Gasteiger partial charge in [0.15, 0.2) is 5.16 Å². The molecule has 0 amide bonds. The van der Waals surface area contributed by atoms with Crippen LogP contribution in [-0.2, 0) is 13.5 Å². The van der Waals surface area contributed by atoms with E-state index in [1.165, 1.54) is 0 Å². The summed E-state index contributed by atoms with van der Waals surface area (Å²) in [4.78, 5) is 17.4. The predicted molar refractivity (Wildman–Crippen MR) is 64.9 cm³/mol. The molecule has 0 N–H and O–H groups in total. The van der Waals surface area contributed by atoms with Gasteiger partial charge in [0.25, 0.3) is 5.56 Å². The Morgan fingerprint density at radius 2 is 2.40 bits per heavy atom. The number of fused-ring (bicyclic) bond motifs is 1. The molecule has 0 saturated carbocycles. The van der Waals surface area contributed by atoms with E-state index in [1.54, 1.807) is 35.1 Å². The second-order valence-electron chi connectivity index (χ2n) is 3.60. The van der Waals surface area contributed by atoms with Gasteiger partial charge in [-0.3, -0.25) is 9.36 Å². The van der Waals surface area contributed by atoms with Crippen molar-refractivity contribution in [2.45, 2.75) is 35.6 Å². The summed E-state index contributed by atoms with van der Waals surface area (Å²) >= 11 is 3.28. The lowest BCUT2D eigenvalue weighted by atomic mass is 10.2. The molecule has 1 aliphatic rings. The first-order valence-electron chi connectivity index (χ1n) is 5.02. The van der Waals surface area contributed by atoms with Crippen molar-refractivity contribution in [3.8, 4) is 0 Å². The van der Waals surface area contributed by atoms with Crippen LogP contribution in [0.5, 0.6) is 0 Å². The van der Waals surface area contributed by atoms with E-state index in [0.717, 1.165) is 27.9 Å². The van der Waals surface area contributed by atoms with E-state index in [9.17, 15) is 4.79 Å². The summed E-state index contributed by atoms with van der Waals surface area (Å²) in [7, 11) is 1.80. The lowest BCUT2D eigenvalue weighted by Gasteiger charge is -2.07. The minimum Gasteiger partial charge on any atom is -0.290 e. The Morgan fingerprint density at radius 1 is 1.67 bits per heavy atom. The third-order valence-electron chi connectivity index (χ3n) is 2.35. The van der Waals surface area contributed by atoms with Gasteiger partial charge in [-0.2, -0.15) is 0 Å². The highest BCUT2D eigenvalue weighted by Gasteiger charge is 2.24. The highest BCUT2D eigenvalue weighted by molar-refractivity contribution is 8.00. The third-order valence-corrected chi connectivity index (χ3v) is 4.48. The molecule has 1 atom stereocenters. The standard InChI is InChI=1S/C10H14N2OS2/c1-4-14-10-11-7-5-6(2)15-8(7)9(13)12(10)3/h6H,4-5H2,1-3H3. The van der Waals surface area contributed by atoms with Gasteiger partial charge in [0.1, 0.15) is 0 Å². The molecule has 2 rings (SSSR count). The molecule has 3 nitrogen and oxygen atoms in total. The van der Waals surface area contributed by atoms with Gasteiger partial charge < -0.3 is 0 Å². The van der Waals surface area contributed by atoms with E-state index in [2.05, 4.69) is 18.8 Å². The molecular formula is C10H14N2OS2. The van der Waals surface area contributed by atoms with E-state index in [0.29, 0.717) is 5.25 Å². The van der Waals surface area contributed by atoms with Crippen LogP contribution in [0.15, 0.2) is 14.8 Å². The zero-order valence-electron chi connectivity index (χ0n) is 9.11. The second kappa shape index (κ2) is 4.22. The van der Waals surface area contributed by atoms with Crippen LogP contribution in [0.4, 0.5) is 0 Å². The van der Waals surface area contributed by atoms with Crippen LogP contribution in [0, 0.1) is 0 Å². The Balaban J connectivity index is 2.52. The highest BCUT2D eigenvalue weighted by Crippen LogP contribution is 2.33. The van der Waals surface area contributed by atoms with Gasteiger partial charge in [-0.1, -0.05) is 25.6 Å². The van der Waals surface area contributed by atoms with Gasteiger partial charge in [-0.15, -0.1) is 11.8 Å². The fourth-order valence-electron chi connectivity index (χ4n) is 1.63. The van der Waals surface area contributed by atoms with Gasteiger partial charge >= 0.3 is 0 Å². The van der Waals surface area contributed by atoms with Crippen LogP contribution >= 0.6 is 23.5 Å². The smallest absolute Gasteiger partial charge is 0.267 e. The summed E-state index contributed by atoms with van der Waals surface area (Å²) in [6.07, 6.45) is 0.924. The van der Waals surface area contributed by atoms with Crippen LogP contribution in [0.3, 0.4) is 0 Å². The molecule has 1 aromatic rings. The molecule has 82 valence electrons. The quantitative estimate of drug-likeness (QED) is 0.586.